The minimum atomic E-state index is -3.91. The number of piperidine rings is 1. The third kappa shape index (κ3) is 4.67. The van der Waals surface area contributed by atoms with Gasteiger partial charge in [0.1, 0.15) is 16.0 Å². The summed E-state index contributed by atoms with van der Waals surface area (Å²) in [6.45, 7) is 1.38. The van der Waals surface area contributed by atoms with Crippen molar-refractivity contribution < 1.29 is 23.1 Å². The lowest BCUT2D eigenvalue weighted by Crippen LogP contribution is -2.48. The smallest absolute Gasteiger partial charge is 0.322 e. The van der Waals surface area contributed by atoms with Gasteiger partial charge in [0.25, 0.3) is 10.0 Å². The number of carboxylic acid groups (broad SMARTS) is 1. The molecule has 0 radical (unpaired) electrons. The van der Waals surface area contributed by atoms with E-state index >= 15 is 0 Å². The molecule has 9 heteroatoms. The van der Waals surface area contributed by atoms with Gasteiger partial charge in [0, 0.05) is 4.88 Å². The normalized spacial score (nSPS) is 16.8. The van der Waals surface area contributed by atoms with E-state index in [0.717, 1.165) is 27.5 Å². The molecule has 0 spiro atoms. The van der Waals surface area contributed by atoms with Crippen molar-refractivity contribution in [2.24, 2.45) is 5.92 Å². The molecule has 1 aromatic heterocycles. The Morgan fingerprint density at radius 1 is 1.22 bits per heavy atom. The van der Waals surface area contributed by atoms with Crippen LogP contribution in [0, 0.1) is 5.92 Å². The fraction of sp³-hybridized carbons (Fsp3) is 0.389. The van der Waals surface area contributed by atoms with E-state index in [9.17, 15) is 18.3 Å². The largest absolute Gasteiger partial charge is 0.497 e. The van der Waals surface area contributed by atoms with Crippen molar-refractivity contribution in [2.45, 2.75) is 23.1 Å². The second-order valence-electron chi connectivity index (χ2n) is 6.37. The molecule has 0 saturated carbocycles. The van der Waals surface area contributed by atoms with Crippen molar-refractivity contribution in [3.8, 4) is 16.2 Å². The molecule has 0 bridgehead atoms. The number of nitrogens with one attached hydrogen (secondary N) is 2. The summed E-state index contributed by atoms with van der Waals surface area (Å²) in [5, 5.41) is 12.7. The topological polar surface area (TPSA) is 105 Å². The molecule has 1 aliphatic rings. The van der Waals surface area contributed by atoms with Crippen LogP contribution in [-0.2, 0) is 14.8 Å². The highest BCUT2D eigenvalue weighted by Crippen LogP contribution is 2.32. The number of methoxy groups -OCH3 is 1. The molecule has 1 fully saturated rings. The zero-order chi connectivity index (χ0) is 19.4. The van der Waals surface area contributed by atoms with Gasteiger partial charge in [-0.05, 0) is 73.8 Å². The van der Waals surface area contributed by atoms with Gasteiger partial charge >= 0.3 is 5.97 Å². The van der Waals surface area contributed by atoms with Crippen LogP contribution >= 0.6 is 11.3 Å². The van der Waals surface area contributed by atoms with Crippen molar-refractivity contribution >= 4 is 27.3 Å². The molecule has 146 valence electrons. The van der Waals surface area contributed by atoms with Gasteiger partial charge in [-0.2, -0.15) is 4.72 Å². The zero-order valence-electron chi connectivity index (χ0n) is 14.8. The van der Waals surface area contributed by atoms with Gasteiger partial charge in [0.15, 0.2) is 0 Å². The number of ether oxygens (including phenoxy) is 1. The molecule has 1 saturated heterocycles. The van der Waals surface area contributed by atoms with Gasteiger partial charge in [-0.15, -0.1) is 11.3 Å². The zero-order valence-corrected chi connectivity index (χ0v) is 16.5. The molecule has 1 aliphatic heterocycles. The van der Waals surface area contributed by atoms with Crippen LogP contribution in [0.15, 0.2) is 40.6 Å². The van der Waals surface area contributed by atoms with E-state index in [0.29, 0.717) is 25.9 Å². The molecule has 2 heterocycles. The fourth-order valence-electron chi connectivity index (χ4n) is 3.13. The first-order chi connectivity index (χ1) is 12.9. The second kappa shape index (κ2) is 8.39. The van der Waals surface area contributed by atoms with E-state index in [-0.39, 0.29) is 10.1 Å². The summed E-state index contributed by atoms with van der Waals surface area (Å²) < 4.78 is 33.1. The van der Waals surface area contributed by atoms with Crippen molar-refractivity contribution in [3.05, 3.63) is 36.4 Å². The Balaban J connectivity index is 1.79. The van der Waals surface area contributed by atoms with Gasteiger partial charge < -0.3 is 15.2 Å². The lowest BCUT2D eigenvalue weighted by Gasteiger charge is -2.28. The van der Waals surface area contributed by atoms with E-state index in [1.807, 2.05) is 12.1 Å². The molecule has 27 heavy (non-hydrogen) atoms. The van der Waals surface area contributed by atoms with Crippen LogP contribution in [0.25, 0.3) is 10.4 Å². The molecule has 7 nitrogen and oxygen atoms in total. The molecule has 1 atom stereocenters. The predicted octanol–water partition coefficient (Wildman–Crippen LogP) is 2.15. The molecule has 2 aromatic rings. The average molecular weight is 411 g/mol. The number of rotatable bonds is 7. The molecule has 1 aromatic carbocycles. The number of hydrogen-bond donors (Lipinski definition) is 3. The monoisotopic (exact) mass is 410 g/mol. The number of carboxylic acids is 1. The molecule has 0 unspecified atom stereocenters. The first-order valence-corrected chi connectivity index (χ1v) is 10.9. The minimum absolute atomic E-state index is 0.105. The van der Waals surface area contributed by atoms with Crippen LogP contribution < -0.4 is 14.8 Å². The van der Waals surface area contributed by atoms with E-state index in [1.54, 1.807) is 25.3 Å². The highest BCUT2D eigenvalue weighted by molar-refractivity contribution is 7.91. The quantitative estimate of drug-likeness (QED) is 0.646. The highest BCUT2D eigenvalue weighted by Gasteiger charge is 2.34. The van der Waals surface area contributed by atoms with Gasteiger partial charge in [-0.25, -0.2) is 8.42 Å². The number of benzene rings is 1. The standard InChI is InChI=1S/C18H22N2O5S2/c1-25-14-4-2-12(3-5-14)15-6-7-16(26-15)27(23,24)20-17(18(21)22)13-8-10-19-11-9-13/h2-7,13,17,19-20H,8-11H2,1H3,(H,21,22)/t17-/m1/s1. The third-order valence-corrected chi connectivity index (χ3v) is 7.69. The molecule has 3 N–H and O–H groups in total. The molecule has 3 rings (SSSR count). The summed E-state index contributed by atoms with van der Waals surface area (Å²) in [5.41, 5.74) is 0.871. The highest BCUT2D eigenvalue weighted by atomic mass is 32.2. The van der Waals surface area contributed by atoms with E-state index in [1.165, 1.54) is 6.07 Å². The molecular weight excluding hydrogens is 388 g/mol. The van der Waals surface area contributed by atoms with Gasteiger partial charge in [0.2, 0.25) is 0 Å². The van der Waals surface area contributed by atoms with Crippen molar-refractivity contribution in [3.63, 3.8) is 0 Å². The Morgan fingerprint density at radius 3 is 2.48 bits per heavy atom. The maximum atomic E-state index is 12.7. The number of hydrogen-bond acceptors (Lipinski definition) is 6. The average Bonchev–Trinajstić information content (AvgIpc) is 3.18. The van der Waals surface area contributed by atoms with E-state index in [2.05, 4.69) is 10.0 Å². The summed E-state index contributed by atoms with van der Waals surface area (Å²) >= 11 is 1.11. The molecule has 0 aliphatic carbocycles. The van der Waals surface area contributed by atoms with Crippen molar-refractivity contribution in [1.29, 1.82) is 0 Å². The second-order valence-corrected chi connectivity index (χ2v) is 9.40. The summed E-state index contributed by atoms with van der Waals surface area (Å²) in [5.74, 6) is -0.645. The SMILES string of the molecule is COc1ccc(-c2ccc(S(=O)(=O)N[C@@H](C(=O)O)C3CCNCC3)s2)cc1. The number of aliphatic carboxylic acids is 1. The molecule has 0 amide bonds. The fourth-order valence-corrected chi connectivity index (χ4v) is 5.71. The van der Waals surface area contributed by atoms with Crippen molar-refractivity contribution in [1.82, 2.24) is 10.0 Å². The van der Waals surface area contributed by atoms with Crippen LogP contribution in [0.3, 0.4) is 0 Å². The summed E-state index contributed by atoms with van der Waals surface area (Å²) in [6, 6.07) is 9.42. The number of thiophene rings is 1. The Bertz CT molecular complexity index is 887. The summed E-state index contributed by atoms with van der Waals surface area (Å²) in [7, 11) is -2.33. The van der Waals surface area contributed by atoms with E-state index < -0.39 is 22.0 Å². The van der Waals surface area contributed by atoms with Crippen LogP contribution in [0.4, 0.5) is 0 Å². The maximum Gasteiger partial charge on any atom is 0.322 e. The Morgan fingerprint density at radius 2 is 1.89 bits per heavy atom. The van der Waals surface area contributed by atoms with Crippen LogP contribution in [0.1, 0.15) is 12.8 Å². The Labute approximate surface area is 162 Å². The minimum Gasteiger partial charge on any atom is -0.497 e. The first-order valence-electron chi connectivity index (χ1n) is 8.61. The van der Waals surface area contributed by atoms with Crippen molar-refractivity contribution in [2.75, 3.05) is 20.2 Å². The number of carbonyl (C=O) groups is 1. The third-order valence-electron chi connectivity index (χ3n) is 4.62. The van der Waals surface area contributed by atoms with Gasteiger partial charge in [-0.3, -0.25) is 4.79 Å². The Kier molecular flexibility index (Phi) is 6.15. The van der Waals surface area contributed by atoms with Crippen LogP contribution in [0.2, 0.25) is 0 Å². The van der Waals surface area contributed by atoms with Crippen LogP contribution in [0.5, 0.6) is 5.75 Å². The van der Waals surface area contributed by atoms with Crippen LogP contribution in [-0.4, -0.2) is 45.7 Å². The van der Waals surface area contributed by atoms with Gasteiger partial charge in [-0.1, -0.05) is 0 Å². The number of sulfonamides is 1. The summed E-state index contributed by atoms with van der Waals surface area (Å²) in [6.07, 6.45) is 1.25. The predicted molar refractivity (Wildman–Crippen MR) is 104 cm³/mol. The summed E-state index contributed by atoms with van der Waals surface area (Å²) in [4.78, 5) is 12.4. The van der Waals surface area contributed by atoms with Gasteiger partial charge in [0.05, 0.1) is 7.11 Å². The van der Waals surface area contributed by atoms with E-state index in [4.69, 9.17) is 4.74 Å². The maximum absolute atomic E-state index is 12.7. The lowest BCUT2D eigenvalue weighted by atomic mass is 9.91. The lowest BCUT2D eigenvalue weighted by molar-refractivity contribution is -0.140. The Hall–Kier alpha value is -1.94. The first kappa shape index (κ1) is 19.8. The molecular formula is C18H22N2O5S2.